The van der Waals surface area contributed by atoms with Gasteiger partial charge in [-0.3, -0.25) is 14.5 Å². The van der Waals surface area contributed by atoms with Gasteiger partial charge in [0.25, 0.3) is 5.91 Å². The molecule has 0 unspecified atom stereocenters. The van der Waals surface area contributed by atoms with Gasteiger partial charge in [0, 0.05) is 13.1 Å². The molecule has 1 saturated carbocycles. The molecule has 1 spiro atoms. The molecule has 7 heteroatoms. The van der Waals surface area contributed by atoms with Crippen molar-refractivity contribution < 1.29 is 19.1 Å². The predicted octanol–water partition coefficient (Wildman–Crippen LogP) is 1.86. The van der Waals surface area contributed by atoms with E-state index in [9.17, 15) is 14.4 Å². The zero-order valence-corrected chi connectivity index (χ0v) is 15.1. The van der Waals surface area contributed by atoms with Crippen LogP contribution in [0, 0.1) is 5.92 Å². The molecule has 25 heavy (non-hydrogen) atoms. The van der Waals surface area contributed by atoms with Crippen LogP contribution in [0.3, 0.4) is 0 Å². The molecule has 0 aromatic rings. The molecule has 7 nitrogen and oxygen atoms in total. The van der Waals surface area contributed by atoms with Gasteiger partial charge >= 0.3 is 12.0 Å². The molecule has 0 aromatic carbocycles. The maximum Gasteiger partial charge on any atom is 0.326 e. The van der Waals surface area contributed by atoms with Gasteiger partial charge in [0.2, 0.25) is 0 Å². The lowest BCUT2D eigenvalue weighted by atomic mass is 9.90. The van der Waals surface area contributed by atoms with Gasteiger partial charge in [-0.25, -0.2) is 9.69 Å². The molecule has 3 rings (SSSR count). The average molecular weight is 351 g/mol. The lowest BCUT2D eigenvalue weighted by Gasteiger charge is -2.33. The second-order valence-electron chi connectivity index (χ2n) is 7.45. The Morgan fingerprint density at radius 1 is 1.16 bits per heavy atom. The number of urea groups is 1. The fraction of sp³-hybridized carbons (Fsp3) is 0.833. The number of carbonyl (C=O) groups excluding carboxylic acids is 3. The number of piperidine rings is 1. The van der Waals surface area contributed by atoms with Crippen molar-refractivity contribution in [3.05, 3.63) is 0 Å². The number of amides is 3. The summed E-state index contributed by atoms with van der Waals surface area (Å²) in [4.78, 5) is 40.6. The van der Waals surface area contributed by atoms with E-state index in [-0.39, 0.29) is 23.8 Å². The number of ether oxygens (including phenoxy) is 1. The number of hydrogen-bond acceptors (Lipinski definition) is 5. The number of carbonyl (C=O) groups is 3. The molecule has 2 aliphatic heterocycles. The van der Waals surface area contributed by atoms with Crippen LogP contribution in [0.15, 0.2) is 0 Å². The maximum atomic E-state index is 12.9. The number of esters is 1. The van der Waals surface area contributed by atoms with E-state index in [1.165, 1.54) is 4.90 Å². The molecular formula is C18H29N3O4. The van der Waals surface area contributed by atoms with E-state index >= 15 is 0 Å². The molecular weight excluding hydrogens is 322 g/mol. The Hall–Kier alpha value is -1.63. The van der Waals surface area contributed by atoms with Gasteiger partial charge in [-0.1, -0.05) is 25.7 Å². The molecule has 2 heterocycles. The first kappa shape index (κ1) is 18.2. The Labute approximate surface area is 149 Å². The molecule has 2 saturated heterocycles. The third-order valence-electron chi connectivity index (χ3n) is 5.75. The van der Waals surface area contributed by atoms with E-state index in [1.807, 2.05) is 6.92 Å². The SMILES string of the molecule is CCOC(=O)C1CCN(CN2C(=O)NC3(CCCCCC3)C2=O)CC1. The molecule has 1 N–H and O–H groups in total. The van der Waals surface area contributed by atoms with Gasteiger partial charge in [-0.15, -0.1) is 0 Å². The van der Waals surface area contributed by atoms with Crippen LogP contribution in [0.1, 0.15) is 58.3 Å². The summed E-state index contributed by atoms with van der Waals surface area (Å²) >= 11 is 0. The van der Waals surface area contributed by atoms with Crippen molar-refractivity contribution in [2.24, 2.45) is 5.92 Å². The van der Waals surface area contributed by atoms with Crippen LogP contribution in [-0.2, 0) is 14.3 Å². The number of nitrogens with zero attached hydrogens (tertiary/aromatic N) is 2. The quantitative estimate of drug-likeness (QED) is 0.618. The number of nitrogens with one attached hydrogen (secondary N) is 1. The molecule has 1 aliphatic carbocycles. The second kappa shape index (κ2) is 7.72. The van der Waals surface area contributed by atoms with Gasteiger partial charge in [-0.2, -0.15) is 0 Å². The summed E-state index contributed by atoms with van der Waals surface area (Å²) in [6, 6.07) is -0.264. The van der Waals surface area contributed by atoms with Crippen molar-refractivity contribution in [1.82, 2.24) is 15.1 Å². The van der Waals surface area contributed by atoms with E-state index in [0.717, 1.165) is 38.5 Å². The highest BCUT2D eigenvalue weighted by Gasteiger charge is 2.51. The van der Waals surface area contributed by atoms with Crippen molar-refractivity contribution >= 4 is 17.9 Å². The zero-order chi connectivity index (χ0) is 17.9. The highest BCUT2D eigenvalue weighted by Crippen LogP contribution is 2.33. The first-order valence-electron chi connectivity index (χ1n) is 9.59. The first-order chi connectivity index (χ1) is 12.1. The van der Waals surface area contributed by atoms with Gasteiger partial charge < -0.3 is 10.1 Å². The lowest BCUT2D eigenvalue weighted by molar-refractivity contribution is -0.150. The van der Waals surface area contributed by atoms with Crippen LogP contribution in [0.2, 0.25) is 0 Å². The van der Waals surface area contributed by atoms with Crippen LogP contribution in [0.5, 0.6) is 0 Å². The minimum absolute atomic E-state index is 0.0625. The van der Waals surface area contributed by atoms with E-state index in [4.69, 9.17) is 4.74 Å². The Morgan fingerprint density at radius 3 is 2.40 bits per heavy atom. The van der Waals surface area contributed by atoms with Crippen LogP contribution < -0.4 is 5.32 Å². The minimum Gasteiger partial charge on any atom is -0.466 e. The van der Waals surface area contributed by atoms with Gasteiger partial charge in [0.1, 0.15) is 5.54 Å². The van der Waals surface area contributed by atoms with E-state index in [0.29, 0.717) is 39.2 Å². The highest BCUT2D eigenvalue weighted by molar-refractivity contribution is 6.07. The fourth-order valence-corrected chi connectivity index (χ4v) is 4.25. The second-order valence-corrected chi connectivity index (χ2v) is 7.45. The molecule has 3 fully saturated rings. The summed E-state index contributed by atoms with van der Waals surface area (Å²) in [5, 5.41) is 2.98. The molecule has 0 atom stereocenters. The van der Waals surface area contributed by atoms with Gasteiger partial charge in [-0.05, 0) is 32.6 Å². The summed E-state index contributed by atoms with van der Waals surface area (Å²) in [5.74, 6) is -0.256. The molecule has 3 amide bonds. The van der Waals surface area contributed by atoms with Crippen LogP contribution in [-0.4, -0.2) is 59.6 Å². The van der Waals surface area contributed by atoms with Gasteiger partial charge in [0.05, 0.1) is 19.2 Å². The van der Waals surface area contributed by atoms with Crippen molar-refractivity contribution in [3.63, 3.8) is 0 Å². The summed E-state index contributed by atoms with van der Waals surface area (Å²) in [5.41, 5.74) is -0.670. The lowest BCUT2D eigenvalue weighted by Crippen LogP contribution is -2.48. The minimum atomic E-state index is -0.670. The van der Waals surface area contributed by atoms with E-state index in [2.05, 4.69) is 10.2 Å². The van der Waals surface area contributed by atoms with Crippen molar-refractivity contribution in [2.45, 2.75) is 63.8 Å². The number of hydrogen-bond donors (Lipinski definition) is 1. The Kier molecular flexibility index (Phi) is 5.61. The van der Waals surface area contributed by atoms with Crippen LogP contribution in [0.25, 0.3) is 0 Å². The first-order valence-corrected chi connectivity index (χ1v) is 9.59. The van der Waals surface area contributed by atoms with Crippen molar-refractivity contribution in [2.75, 3.05) is 26.4 Å². The predicted molar refractivity (Wildman–Crippen MR) is 91.6 cm³/mol. The monoisotopic (exact) mass is 351 g/mol. The molecule has 0 bridgehead atoms. The smallest absolute Gasteiger partial charge is 0.326 e. The Bertz CT molecular complexity index is 520. The molecule has 0 radical (unpaired) electrons. The third-order valence-corrected chi connectivity index (χ3v) is 5.75. The third kappa shape index (κ3) is 3.81. The zero-order valence-electron chi connectivity index (χ0n) is 15.1. The fourth-order valence-electron chi connectivity index (χ4n) is 4.25. The molecule has 0 aromatic heterocycles. The van der Waals surface area contributed by atoms with Gasteiger partial charge in [0.15, 0.2) is 0 Å². The van der Waals surface area contributed by atoms with Crippen molar-refractivity contribution in [1.29, 1.82) is 0 Å². The summed E-state index contributed by atoms with van der Waals surface area (Å²) in [6.07, 6.45) is 7.17. The normalized spacial score (nSPS) is 25.1. The summed E-state index contributed by atoms with van der Waals surface area (Å²) in [6.45, 7) is 3.95. The average Bonchev–Trinajstić information content (AvgIpc) is 2.77. The van der Waals surface area contributed by atoms with E-state index < -0.39 is 5.54 Å². The molecule has 140 valence electrons. The summed E-state index contributed by atoms with van der Waals surface area (Å²) in [7, 11) is 0. The highest BCUT2D eigenvalue weighted by atomic mass is 16.5. The summed E-state index contributed by atoms with van der Waals surface area (Å²) < 4.78 is 5.09. The largest absolute Gasteiger partial charge is 0.466 e. The van der Waals surface area contributed by atoms with E-state index in [1.54, 1.807) is 0 Å². The standard InChI is InChI=1S/C18H29N3O4/c1-2-25-15(22)14-7-11-20(12-8-14)13-21-16(23)18(19-17(21)24)9-5-3-4-6-10-18/h14H,2-13H2,1H3,(H,19,24). The Balaban J connectivity index is 1.56. The van der Waals surface area contributed by atoms with Crippen LogP contribution in [0.4, 0.5) is 4.79 Å². The van der Waals surface area contributed by atoms with Crippen LogP contribution >= 0.6 is 0 Å². The number of likely N-dealkylation sites (tertiary alicyclic amines) is 1. The van der Waals surface area contributed by atoms with Crippen molar-refractivity contribution in [3.8, 4) is 0 Å². The molecule has 3 aliphatic rings. The Morgan fingerprint density at radius 2 is 1.80 bits per heavy atom. The maximum absolute atomic E-state index is 12.9. The number of rotatable bonds is 4. The topological polar surface area (TPSA) is 79.0 Å². The number of imide groups is 1.